The Morgan fingerprint density at radius 1 is 1.24 bits per heavy atom. The molecule has 5 N–H and O–H groups in total. The number of carbonyl (C=O) groups is 3. The Labute approximate surface area is 99.0 Å². The van der Waals surface area contributed by atoms with Gasteiger partial charge in [-0.05, 0) is 5.41 Å². The van der Waals surface area contributed by atoms with Gasteiger partial charge in [-0.3, -0.25) is 9.59 Å². The van der Waals surface area contributed by atoms with Gasteiger partial charge in [0, 0.05) is 0 Å². The average Bonchev–Trinajstić information content (AvgIpc) is 2.09. The van der Waals surface area contributed by atoms with Crippen LogP contribution in [0.25, 0.3) is 0 Å². The normalized spacial score (nSPS) is 14.8. The molecule has 98 valence electrons. The number of carbonyl (C=O) groups excluding carboxylic acids is 1. The van der Waals surface area contributed by atoms with Crippen molar-refractivity contribution in [2.24, 2.45) is 11.1 Å². The minimum Gasteiger partial charge on any atom is -0.481 e. The number of hydrogen-bond acceptors (Lipinski definition) is 4. The van der Waals surface area contributed by atoms with Gasteiger partial charge in [0.15, 0.2) is 0 Å². The minimum atomic E-state index is -1.25. The molecule has 0 aromatic carbocycles. The molecule has 0 aliphatic heterocycles. The summed E-state index contributed by atoms with van der Waals surface area (Å²) in [6.07, 6.45) is -0.539. The van der Waals surface area contributed by atoms with Crippen LogP contribution in [0.5, 0.6) is 0 Å². The lowest BCUT2D eigenvalue weighted by molar-refractivity contribution is -0.145. The molecule has 0 rings (SSSR count). The molecule has 2 atom stereocenters. The van der Waals surface area contributed by atoms with Crippen molar-refractivity contribution in [1.29, 1.82) is 0 Å². The Bertz CT molecular complexity index is 321. The van der Waals surface area contributed by atoms with Crippen molar-refractivity contribution in [2.45, 2.75) is 39.3 Å². The Balaban J connectivity index is 4.63. The number of rotatable bonds is 5. The summed E-state index contributed by atoms with van der Waals surface area (Å²) in [6, 6.07) is -2.37. The smallest absolute Gasteiger partial charge is 0.326 e. The van der Waals surface area contributed by atoms with E-state index < -0.39 is 41.8 Å². The van der Waals surface area contributed by atoms with E-state index in [2.05, 4.69) is 5.32 Å². The average molecular weight is 246 g/mol. The van der Waals surface area contributed by atoms with E-state index in [-0.39, 0.29) is 0 Å². The van der Waals surface area contributed by atoms with Gasteiger partial charge in [0.2, 0.25) is 5.91 Å². The Hall–Kier alpha value is -1.63. The van der Waals surface area contributed by atoms with Crippen molar-refractivity contribution in [1.82, 2.24) is 5.32 Å². The molecule has 0 bridgehead atoms. The van der Waals surface area contributed by atoms with E-state index in [1.54, 1.807) is 20.8 Å². The van der Waals surface area contributed by atoms with Gasteiger partial charge in [0.1, 0.15) is 6.04 Å². The molecular weight excluding hydrogens is 228 g/mol. The number of aliphatic carboxylic acids is 2. The van der Waals surface area contributed by atoms with Gasteiger partial charge in [-0.25, -0.2) is 4.79 Å². The highest BCUT2D eigenvalue weighted by Crippen LogP contribution is 2.19. The largest absolute Gasteiger partial charge is 0.481 e. The second-order valence-corrected chi connectivity index (χ2v) is 4.85. The van der Waals surface area contributed by atoms with Crippen LogP contribution in [0.4, 0.5) is 0 Å². The zero-order valence-electron chi connectivity index (χ0n) is 10.1. The number of carboxylic acids is 2. The van der Waals surface area contributed by atoms with Crippen LogP contribution in [-0.2, 0) is 14.4 Å². The maximum Gasteiger partial charge on any atom is 0.326 e. The van der Waals surface area contributed by atoms with Crippen LogP contribution >= 0.6 is 0 Å². The molecular formula is C10H18N2O5. The lowest BCUT2D eigenvalue weighted by Crippen LogP contribution is -2.54. The molecule has 1 amide bonds. The van der Waals surface area contributed by atoms with Crippen LogP contribution in [0.1, 0.15) is 27.2 Å². The summed E-state index contributed by atoms with van der Waals surface area (Å²) in [6.45, 7) is 4.94. The fraction of sp³-hybridized carbons (Fsp3) is 0.700. The summed E-state index contributed by atoms with van der Waals surface area (Å²) >= 11 is 0. The molecule has 0 heterocycles. The Morgan fingerprint density at radius 2 is 1.71 bits per heavy atom. The summed E-state index contributed by atoms with van der Waals surface area (Å²) in [4.78, 5) is 32.8. The van der Waals surface area contributed by atoms with Crippen molar-refractivity contribution < 1.29 is 24.6 Å². The first kappa shape index (κ1) is 15.4. The molecule has 17 heavy (non-hydrogen) atoms. The van der Waals surface area contributed by atoms with Crippen molar-refractivity contribution in [3.63, 3.8) is 0 Å². The number of hydrogen-bond donors (Lipinski definition) is 4. The monoisotopic (exact) mass is 246 g/mol. The summed E-state index contributed by atoms with van der Waals surface area (Å²) < 4.78 is 0. The van der Waals surface area contributed by atoms with E-state index in [1.165, 1.54) is 0 Å². The Kier molecular flexibility index (Phi) is 5.09. The molecule has 0 fully saturated rings. The highest BCUT2D eigenvalue weighted by atomic mass is 16.4. The summed E-state index contributed by atoms with van der Waals surface area (Å²) in [7, 11) is 0. The lowest BCUT2D eigenvalue weighted by Gasteiger charge is -2.28. The predicted molar refractivity (Wildman–Crippen MR) is 59.2 cm³/mol. The third-order valence-electron chi connectivity index (χ3n) is 2.13. The zero-order chi connectivity index (χ0) is 13.8. The fourth-order valence-electron chi connectivity index (χ4n) is 1.18. The molecule has 0 saturated heterocycles. The van der Waals surface area contributed by atoms with Gasteiger partial charge < -0.3 is 21.3 Å². The lowest BCUT2D eigenvalue weighted by atomic mass is 9.86. The first-order chi connectivity index (χ1) is 7.55. The van der Waals surface area contributed by atoms with Crippen LogP contribution < -0.4 is 11.1 Å². The van der Waals surface area contributed by atoms with Crippen LogP contribution in [-0.4, -0.2) is 40.1 Å². The molecule has 0 spiro atoms. The van der Waals surface area contributed by atoms with Crippen molar-refractivity contribution in [2.75, 3.05) is 0 Å². The molecule has 0 aliphatic carbocycles. The first-order valence-electron chi connectivity index (χ1n) is 5.06. The standard InChI is InChI=1S/C10H18N2O5/c1-10(2,3)7(9(16)17)12-8(15)5(11)4-6(13)14/h5,7H,4,11H2,1-3H3,(H,12,15)(H,13,14)(H,16,17)/t5?,7-/m1/s1. The van der Waals surface area contributed by atoms with Crippen molar-refractivity contribution >= 4 is 17.8 Å². The molecule has 0 radical (unpaired) electrons. The van der Waals surface area contributed by atoms with E-state index in [4.69, 9.17) is 15.9 Å². The highest BCUT2D eigenvalue weighted by molar-refractivity contribution is 5.89. The first-order valence-corrected chi connectivity index (χ1v) is 5.06. The highest BCUT2D eigenvalue weighted by Gasteiger charge is 2.33. The molecule has 0 aromatic rings. The zero-order valence-corrected chi connectivity index (χ0v) is 10.1. The molecule has 0 aliphatic rings. The summed E-state index contributed by atoms with van der Waals surface area (Å²) in [5.74, 6) is -3.18. The molecule has 7 nitrogen and oxygen atoms in total. The van der Waals surface area contributed by atoms with Crippen molar-refractivity contribution in [3.8, 4) is 0 Å². The second-order valence-electron chi connectivity index (χ2n) is 4.85. The van der Waals surface area contributed by atoms with Crippen LogP contribution in [0.2, 0.25) is 0 Å². The predicted octanol–water partition coefficient (Wildman–Crippen LogP) is -0.596. The van der Waals surface area contributed by atoms with Crippen LogP contribution in [0.15, 0.2) is 0 Å². The molecule has 1 unspecified atom stereocenters. The number of nitrogens with two attached hydrogens (primary N) is 1. The quantitative estimate of drug-likeness (QED) is 0.512. The van der Waals surface area contributed by atoms with Gasteiger partial charge in [-0.1, -0.05) is 20.8 Å². The van der Waals surface area contributed by atoms with Crippen molar-refractivity contribution in [3.05, 3.63) is 0 Å². The minimum absolute atomic E-state index is 0.539. The van der Waals surface area contributed by atoms with Crippen LogP contribution in [0.3, 0.4) is 0 Å². The van der Waals surface area contributed by atoms with Gasteiger partial charge in [-0.2, -0.15) is 0 Å². The summed E-state index contributed by atoms with van der Waals surface area (Å²) in [5.41, 5.74) is 4.63. The van der Waals surface area contributed by atoms with Gasteiger partial charge in [0.25, 0.3) is 0 Å². The SMILES string of the molecule is CC(C)(C)[C@H](NC(=O)C(N)CC(=O)O)C(=O)O. The van der Waals surface area contributed by atoms with Gasteiger partial charge in [0.05, 0.1) is 12.5 Å². The third kappa shape index (κ3) is 5.30. The maximum absolute atomic E-state index is 11.5. The van der Waals surface area contributed by atoms with Gasteiger partial charge >= 0.3 is 11.9 Å². The molecule has 0 aromatic heterocycles. The van der Waals surface area contributed by atoms with Crippen LogP contribution in [0, 0.1) is 5.41 Å². The maximum atomic E-state index is 11.5. The van der Waals surface area contributed by atoms with E-state index >= 15 is 0 Å². The number of amides is 1. The fourth-order valence-corrected chi connectivity index (χ4v) is 1.18. The Morgan fingerprint density at radius 3 is 2.00 bits per heavy atom. The third-order valence-corrected chi connectivity index (χ3v) is 2.13. The second kappa shape index (κ2) is 5.62. The summed E-state index contributed by atoms with van der Waals surface area (Å²) in [5, 5.41) is 19.6. The van der Waals surface area contributed by atoms with E-state index in [0.717, 1.165) is 0 Å². The van der Waals surface area contributed by atoms with E-state index in [1.807, 2.05) is 0 Å². The molecule has 0 saturated carbocycles. The topological polar surface area (TPSA) is 130 Å². The number of nitrogens with one attached hydrogen (secondary N) is 1. The molecule has 7 heteroatoms. The van der Waals surface area contributed by atoms with Gasteiger partial charge in [-0.15, -0.1) is 0 Å². The van der Waals surface area contributed by atoms with E-state index in [9.17, 15) is 14.4 Å². The van der Waals surface area contributed by atoms with E-state index in [0.29, 0.717) is 0 Å². The number of carboxylic acid groups (broad SMARTS) is 2.